The highest BCUT2D eigenvalue weighted by atomic mass is 16.7. The molecule has 26 heavy (non-hydrogen) atoms. The first-order valence-electron chi connectivity index (χ1n) is 9.55. The number of hydrogen-bond acceptors (Lipinski definition) is 6. The molecule has 144 valence electrons. The second-order valence-electron chi connectivity index (χ2n) is 9.37. The molecule has 6 nitrogen and oxygen atoms in total. The van der Waals surface area contributed by atoms with Crippen LogP contribution in [0.4, 0.5) is 0 Å². The molecule has 5 unspecified atom stereocenters. The fourth-order valence-electron chi connectivity index (χ4n) is 5.96. The van der Waals surface area contributed by atoms with Crippen molar-refractivity contribution in [1.29, 1.82) is 0 Å². The summed E-state index contributed by atoms with van der Waals surface area (Å²) in [6, 6.07) is 0. The van der Waals surface area contributed by atoms with Crippen molar-refractivity contribution in [3.8, 4) is 0 Å². The van der Waals surface area contributed by atoms with Gasteiger partial charge in [0.15, 0.2) is 16.8 Å². The lowest BCUT2D eigenvalue weighted by Gasteiger charge is -2.45. The van der Waals surface area contributed by atoms with Gasteiger partial charge in [-0.3, -0.25) is 0 Å². The van der Waals surface area contributed by atoms with Gasteiger partial charge >= 0.3 is 0 Å². The second kappa shape index (κ2) is 6.78. The maximum absolute atomic E-state index is 10.8. The van der Waals surface area contributed by atoms with Gasteiger partial charge in [0.05, 0.1) is 0 Å². The van der Waals surface area contributed by atoms with Gasteiger partial charge < -0.3 is 9.68 Å². The van der Waals surface area contributed by atoms with Crippen LogP contribution in [0, 0.1) is 38.4 Å². The van der Waals surface area contributed by atoms with Crippen LogP contribution in [0.5, 0.6) is 0 Å². The Morgan fingerprint density at radius 2 is 1.92 bits per heavy atom. The summed E-state index contributed by atoms with van der Waals surface area (Å²) in [5.41, 5.74) is 2.18. The molecule has 0 aromatic rings. The molecular formula is C20H30N2O4. The Balaban J connectivity index is 1.69. The van der Waals surface area contributed by atoms with E-state index < -0.39 is 0 Å². The van der Waals surface area contributed by atoms with Crippen molar-refractivity contribution in [2.45, 2.75) is 72.0 Å². The molecular weight excluding hydrogens is 332 g/mol. The summed E-state index contributed by atoms with van der Waals surface area (Å²) in [5, 5.41) is 5.40. The van der Waals surface area contributed by atoms with Crippen molar-refractivity contribution in [2.75, 3.05) is 0 Å². The lowest BCUT2D eigenvalue weighted by Crippen LogP contribution is -2.46. The minimum Gasteiger partial charge on any atom is -0.360 e. The van der Waals surface area contributed by atoms with Crippen LogP contribution in [-0.4, -0.2) is 12.2 Å². The average Bonchev–Trinajstić information content (AvgIpc) is 3.00. The second-order valence-corrected chi connectivity index (χ2v) is 9.37. The monoisotopic (exact) mass is 362 g/mol. The van der Waals surface area contributed by atoms with Crippen molar-refractivity contribution >= 4 is 0 Å². The van der Waals surface area contributed by atoms with Crippen LogP contribution in [0.2, 0.25) is 0 Å². The molecule has 0 radical (unpaired) electrons. The lowest BCUT2D eigenvalue weighted by molar-refractivity contribution is -0.111. The smallest absolute Gasteiger partial charge is 0.155 e. The van der Waals surface area contributed by atoms with Gasteiger partial charge in [-0.1, -0.05) is 39.0 Å². The third-order valence-electron chi connectivity index (χ3n) is 7.65. The predicted octanol–water partition coefficient (Wildman–Crippen LogP) is 5.49. The Morgan fingerprint density at radius 3 is 2.54 bits per heavy atom. The first kappa shape index (κ1) is 19.1. The van der Waals surface area contributed by atoms with Crippen molar-refractivity contribution < 1.29 is 9.68 Å². The van der Waals surface area contributed by atoms with Gasteiger partial charge in [0.1, 0.15) is 6.10 Å². The van der Waals surface area contributed by atoms with Crippen LogP contribution in [0.15, 0.2) is 34.5 Å². The molecule has 3 aliphatic carbocycles. The van der Waals surface area contributed by atoms with Gasteiger partial charge in [-0.15, -0.1) is 9.81 Å². The fraction of sp³-hybridized carbons (Fsp3) is 0.800. The first-order valence-corrected chi connectivity index (χ1v) is 9.55. The molecule has 0 heterocycles. The normalized spacial score (nSPS) is 40.6. The van der Waals surface area contributed by atoms with E-state index in [1.54, 1.807) is 0 Å². The highest BCUT2D eigenvalue weighted by Gasteiger charge is 2.65. The van der Waals surface area contributed by atoms with Gasteiger partial charge in [0.25, 0.3) is 0 Å². The Morgan fingerprint density at radius 1 is 1.23 bits per heavy atom. The summed E-state index contributed by atoms with van der Waals surface area (Å²) in [5.74, 6) is 1.28. The molecule has 0 aromatic carbocycles. The van der Waals surface area contributed by atoms with E-state index in [2.05, 4.69) is 44.1 Å². The van der Waals surface area contributed by atoms with E-state index in [9.17, 15) is 9.81 Å². The summed E-state index contributed by atoms with van der Waals surface area (Å²) in [4.78, 5) is 31.6. The van der Waals surface area contributed by atoms with Crippen molar-refractivity contribution in [3.63, 3.8) is 0 Å². The minimum absolute atomic E-state index is 0.0280. The lowest BCUT2D eigenvalue weighted by atomic mass is 9.63. The summed E-state index contributed by atoms with van der Waals surface area (Å²) >= 11 is 0. The standard InChI is InChI=1S/C20H30N2O4/c1-12-6-7-14(9-17(12)25-21-23)13(2)8-15-10-16-11-20(15,5)18(26-22-24)19(16,3)4/h6,14-18H,2,7-11H2,1,3-5H3/t14-,15?,16?,17?,18?,20?/m0/s1. The Bertz CT molecular complexity index is 629. The van der Waals surface area contributed by atoms with Gasteiger partial charge in [-0.05, 0) is 62.4 Å². The number of allylic oxidation sites excluding steroid dienone is 2. The molecule has 2 saturated carbocycles. The fourth-order valence-corrected chi connectivity index (χ4v) is 5.96. The molecule has 0 saturated heterocycles. The van der Waals surface area contributed by atoms with Crippen molar-refractivity contribution in [3.05, 3.63) is 33.6 Å². The van der Waals surface area contributed by atoms with E-state index in [0.29, 0.717) is 17.8 Å². The molecule has 0 spiro atoms. The zero-order valence-corrected chi connectivity index (χ0v) is 16.2. The summed E-state index contributed by atoms with van der Waals surface area (Å²) < 4.78 is 0. The SMILES string of the molecule is C=C(CC1CC2CC1(C)C(ON=O)C2(C)C)[C@H]1CC=C(C)C(ON=O)C1. The van der Waals surface area contributed by atoms with Crippen LogP contribution in [-0.2, 0) is 9.68 Å². The predicted molar refractivity (Wildman–Crippen MR) is 99.7 cm³/mol. The van der Waals surface area contributed by atoms with E-state index >= 15 is 0 Å². The summed E-state index contributed by atoms with van der Waals surface area (Å²) in [6.45, 7) is 13.0. The molecule has 0 aliphatic heterocycles. The van der Waals surface area contributed by atoms with Gasteiger partial charge in [-0.25, -0.2) is 0 Å². The number of hydrogen-bond donors (Lipinski definition) is 0. The molecule has 2 bridgehead atoms. The van der Waals surface area contributed by atoms with Gasteiger partial charge in [0, 0.05) is 10.8 Å². The number of fused-ring (bicyclic) bond motifs is 2. The molecule has 3 aliphatic rings. The molecule has 3 rings (SSSR count). The highest BCUT2D eigenvalue weighted by molar-refractivity contribution is 5.20. The Hall–Kier alpha value is -1.72. The minimum atomic E-state index is -0.243. The van der Waals surface area contributed by atoms with E-state index in [-0.39, 0.29) is 23.0 Å². The van der Waals surface area contributed by atoms with E-state index in [1.807, 2.05) is 6.92 Å². The maximum atomic E-state index is 10.8. The summed E-state index contributed by atoms with van der Waals surface area (Å²) in [6.07, 6.45) is 6.55. The number of nitrogens with zero attached hydrogens (tertiary/aromatic N) is 2. The van der Waals surface area contributed by atoms with Crippen LogP contribution >= 0.6 is 0 Å². The van der Waals surface area contributed by atoms with E-state index in [0.717, 1.165) is 37.7 Å². The van der Waals surface area contributed by atoms with Crippen molar-refractivity contribution in [2.24, 2.45) is 39.3 Å². The third kappa shape index (κ3) is 2.97. The van der Waals surface area contributed by atoms with Crippen LogP contribution in [0.3, 0.4) is 0 Å². The Labute approximate surface area is 155 Å². The number of rotatable bonds is 7. The van der Waals surface area contributed by atoms with Crippen LogP contribution in [0.25, 0.3) is 0 Å². The van der Waals surface area contributed by atoms with Gasteiger partial charge in [0.2, 0.25) is 0 Å². The quantitative estimate of drug-likeness (QED) is 0.340. The largest absolute Gasteiger partial charge is 0.360 e. The first-order chi connectivity index (χ1) is 12.2. The third-order valence-corrected chi connectivity index (χ3v) is 7.65. The Kier molecular flexibility index (Phi) is 4.97. The van der Waals surface area contributed by atoms with E-state index in [1.165, 1.54) is 5.57 Å². The topological polar surface area (TPSA) is 77.3 Å². The van der Waals surface area contributed by atoms with E-state index in [4.69, 9.17) is 9.68 Å². The molecule has 0 aromatic heterocycles. The molecule has 2 fully saturated rings. The zero-order chi connectivity index (χ0) is 19.1. The maximum Gasteiger partial charge on any atom is 0.155 e. The molecule has 6 heteroatoms. The molecule has 0 N–H and O–H groups in total. The van der Waals surface area contributed by atoms with Crippen molar-refractivity contribution in [1.82, 2.24) is 0 Å². The average molecular weight is 362 g/mol. The highest BCUT2D eigenvalue weighted by Crippen LogP contribution is 2.67. The summed E-state index contributed by atoms with van der Waals surface area (Å²) in [7, 11) is 0. The molecule has 6 atom stereocenters. The van der Waals surface area contributed by atoms with Crippen LogP contribution in [0.1, 0.15) is 59.8 Å². The van der Waals surface area contributed by atoms with Gasteiger partial charge in [-0.2, -0.15) is 0 Å². The molecule has 0 amide bonds. The van der Waals surface area contributed by atoms with Crippen LogP contribution < -0.4 is 0 Å². The zero-order valence-electron chi connectivity index (χ0n) is 16.2.